The van der Waals surface area contributed by atoms with Crippen molar-refractivity contribution in [3.05, 3.63) is 47.8 Å². The monoisotopic (exact) mass is 466 g/mol. The van der Waals surface area contributed by atoms with E-state index >= 15 is 0 Å². The van der Waals surface area contributed by atoms with E-state index < -0.39 is 0 Å². The zero-order valence-corrected chi connectivity index (χ0v) is 21.6. The number of carbonyl (C=O) groups is 2. The van der Waals surface area contributed by atoms with Gasteiger partial charge in [0.15, 0.2) is 0 Å². The van der Waals surface area contributed by atoms with Gasteiger partial charge in [-0.15, -0.1) is 0 Å². The molecule has 2 rings (SSSR count). The first-order valence-corrected chi connectivity index (χ1v) is 13.1. The second-order valence-electron chi connectivity index (χ2n) is 8.86. The summed E-state index contributed by atoms with van der Waals surface area (Å²) in [4.78, 5) is 39.3. The molecule has 0 unspecified atom stereocenters. The molecule has 0 atom stereocenters. The summed E-state index contributed by atoms with van der Waals surface area (Å²) in [6, 6.07) is 7.14. The van der Waals surface area contributed by atoms with Crippen LogP contribution in [-0.4, -0.2) is 57.8 Å². The van der Waals surface area contributed by atoms with Gasteiger partial charge >= 0.3 is 0 Å². The van der Waals surface area contributed by atoms with Crippen molar-refractivity contribution in [2.75, 3.05) is 26.2 Å². The summed E-state index contributed by atoms with van der Waals surface area (Å²) in [6.45, 7) is 11.6. The van der Waals surface area contributed by atoms with E-state index in [0.29, 0.717) is 22.5 Å². The lowest BCUT2D eigenvalue weighted by Gasteiger charge is -2.23. The Bertz CT molecular complexity index is 810. The summed E-state index contributed by atoms with van der Waals surface area (Å²) >= 11 is 0. The van der Waals surface area contributed by atoms with Crippen LogP contribution in [0.25, 0.3) is 11.4 Å². The van der Waals surface area contributed by atoms with Crippen molar-refractivity contribution in [1.82, 2.24) is 19.8 Å². The number of rotatable bonds is 15. The lowest BCUT2D eigenvalue weighted by atomic mass is 10.1. The summed E-state index contributed by atoms with van der Waals surface area (Å²) in [7, 11) is 0. The van der Waals surface area contributed by atoms with Crippen molar-refractivity contribution in [1.29, 1.82) is 0 Å². The normalized spacial score (nSPS) is 10.8. The predicted octanol–water partition coefficient (Wildman–Crippen LogP) is 6.23. The minimum Gasteiger partial charge on any atom is -0.339 e. The lowest BCUT2D eigenvalue weighted by Crippen LogP contribution is -2.33. The van der Waals surface area contributed by atoms with Crippen LogP contribution < -0.4 is 0 Å². The number of hydrogen-bond acceptors (Lipinski definition) is 4. The number of pyridine rings is 2. The maximum absolute atomic E-state index is 13.2. The summed E-state index contributed by atoms with van der Waals surface area (Å²) in [5.74, 6) is 0.0613. The predicted molar refractivity (Wildman–Crippen MR) is 139 cm³/mol. The van der Waals surface area contributed by atoms with Gasteiger partial charge in [-0.05, 0) is 49.9 Å². The van der Waals surface area contributed by atoms with Crippen LogP contribution in [0.15, 0.2) is 36.7 Å². The Morgan fingerprint density at radius 1 is 0.618 bits per heavy atom. The molecule has 0 saturated heterocycles. The van der Waals surface area contributed by atoms with Crippen LogP contribution in [0.5, 0.6) is 0 Å². The van der Waals surface area contributed by atoms with Crippen molar-refractivity contribution < 1.29 is 9.59 Å². The number of amides is 2. The van der Waals surface area contributed by atoms with Gasteiger partial charge in [-0.2, -0.15) is 0 Å². The summed E-state index contributed by atoms with van der Waals surface area (Å²) < 4.78 is 0. The van der Waals surface area contributed by atoms with Crippen molar-refractivity contribution in [3.8, 4) is 11.4 Å². The lowest BCUT2D eigenvalue weighted by molar-refractivity contribution is 0.0743. The molecule has 2 aromatic heterocycles. The molecule has 0 bridgehead atoms. The molecule has 0 spiro atoms. The maximum atomic E-state index is 13.2. The third-order valence-electron chi connectivity index (χ3n) is 5.98. The van der Waals surface area contributed by atoms with Gasteiger partial charge in [0.2, 0.25) is 0 Å². The summed E-state index contributed by atoms with van der Waals surface area (Å²) in [6.07, 6.45) is 11.5. The Labute approximate surface area is 205 Å². The van der Waals surface area contributed by atoms with Crippen LogP contribution >= 0.6 is 0 Å². The second-order valence-corrected chi connectivity index (χ2v) is 8.86. The highest BCUT2D eigenvalue weighted by Gasteiger charge is 2.18. The number of nitrogens with zero attached hydrogens (tertiary/aromatic N) is 4. The Morgan fingerprint density at radius 2 is 0.941 bits per heavy atom. The fourth-order valence-corrected chi connectivity index (χ4v) is 3.80. The maximum Gasteiger partial charge on any atom is 0.253 e. The van der Waals surface area contributed by atoms with E-state index in [-0.39, 0.29) is 11.8 Å². The van der Waals surface area contributed by atoms with E-state index in [0.717, 1.165) is 77.5 Å². The average Bonchev–Trinajstić information content (AvgIpc) is 2.88. The van der Waals surface area contributed by atoms with Gasteiger partial charge in [0.25, 0.3) is 11.8 Å². The first kappa shape index (κ1) is 27.5. The third kappa shape index (κ3) is 8.23. The quantitative estimate of drug-likeness (QED) is 0.312. The van der Waals surface area contributed by atoms with Crippen LogP contribution in [0.1, 0.15) is 99.8 Å². The van der Waals surface area contributed by atoms with Gasteiger partial charge < -0.3 is 9.80 Å². The smallest absolute Gasteiger partial charge is 0.253 e. The van der Waals surface area contributed by atoms with Gasteiger partial charge in [-0.1, -0.05) is 53.4 Å². The SMILES string of the molecule is CCCCN(CCCC)C(=O)c1ccnc(-c2cc(C(=O)N(CCCC)CCCC)ccn2)c1. The van der Waals surface area contributed by atoms with Gasteiger partial charge in [0.1, 0.15) is 0 Å². The van der Waals surface area contributed by atoms with Gasteiger partial charge in [-0.3, -0.25) is 19.6 Å². The highest BCUT2D eigenvalue weighted by atomic mass is 16.2. The molecule has 0 radical (unpaired) electrons. The number of aromatic nitrogens is 2. The molecule has 0 aliphatic rings. The summed E-state index contributed by atoms with van der Waals surface area (Å²) in [5, 5.41) is 0. The highest BCUT2D eigenvalue weighted by Crippen LogP contribution is 2.19. The van der Waals surface area contributed by atoms with E-state index in [1.807, 2.05) is 9.80 Å². The van der Waals surface area contributed by atoms with Gasteiger partial charge in [0.05, 0.1) is 11.4 Å². The highest BCUT2D eigenvalue weighted by molar-refractivity contribution is 5.96. The summed E-state index contributed by atoms with van der Waals surface area (Å²) in [5.41, 5.74) is 2.45. The van der Waals surface area contributed by atoms with E-state index in [1.165, 1.54) is 0 Å². The molecule has 6 nitrogen and oxygen atoms in total. The molecule has 34 heavy (non-hydrogen) atoms. The second kappa shape index (κ2) is 15.2. The minimum atomic E-state index is 0.0306. The van der Waals surface area contributed by atoms with Crippen molar-refractivity contribution in [2.24, 2.45) is 0 Å². The number of unbranched alkanes of at least 4 members (excludes halogenated alkanes) is 4. The fourth-order valence-electron chi connectivity index (χ4n) is 3.80. The van der Waals surface area contributed by atoms with E-state index in [1.54, 1.807) is 36.7 Å². The molecule has 2 amide bonds. The molecular formula is C28H42N4O2. The number of carbonyl (C=O) groups excluding carboxylic acids is 2. The molecule has 0 aromatic carbocycles. The molecule has 186 valence electrons. The molecule has 2 heterocycles. The molecule has 0 N–H and O–H groups in total. The minimum absolute atomic E-state index is 0.0306. The van der Waals surface area contributed by atoms with Crippen molar-refractivity contribution >= 4 is 11.8 Å². The molecule has 2 aromatic rings. The first-order chi connectivity index (χ1) is 16.5. The Balaban J connectivity index is 2.26. The zero-order chi connectivity index (χ0) is 24.8. The molecule has 0 aliphatic heterocycles. The van der Waals surface area contributed by atoms with Gasteiger partial charge in [-0.25, -0.2) is 0 Å². The Kier molecular flexibility index (Phi) is 12.3. The van der Waals surface area contributed by atoms with Crippen LogP contribution in [0.3, 0.4) is 0 Å². The largest absolute Gasteiger partial charge is 0.339 e. The van der Waals surface area contributed by atoms with Crippen LogP contribution in [0, 0.1) is 0 Å². The van der Waals surface area contributed by atoms with Crippen molar-refractivity contribution in [2.45, 2.75) is 79.1 Å². The molecule has 6 heteroatoms. The Morgan fingerprint density at radius 3 is 1.24 bits per heavy atom. The van der Waals surface area contributed by atoms with Crippen molar-refractivity contribution in [3.63, 3.8) is 0 Å². The fraction of sp³-hybridized carbons (Fsp3) is 0.571. The van der Waals surface area contributed by atoms with E-state index in [2.05, 4.69) is 37.7 Å². The molecular weight excluding hydrogens is 424 g/mol. The van der Waals surface area contributed by atoms with E-state index in [4.69, 9.17) is 0 Å². The first-order valence-electron chi connectivity index (χ1n) is 13.1. The Hall–Kier alpha value is -2.76. The molecule has 0 fully saturated rings. The topological polar surface area (TPSA) is 66.4 Å². The van der Waals surface area contributed by atoms with E-state index in [9.17, 15) is 9.59 Å². The van der Waals surface area contributed by atoms with Gasteiger partial charge in [0, 0.05) is 49.7 Å². The van der Waals surface area contributed by atoms with Crippen LogP contribution in [0.2, 0.25) is 0 Å². The standard InChI is InChI=1S/C28H42N4O2/c1-5-9-17-31(18-10-6-2)27(33)23-13-15-29-25(21-23)26-22-24(14-16-30-26)28(34)32(19-11-7-3)20-12-8-4/h13-16,21-22H,5-12,17-20H2,1-4H3. The average molecular weight is 467 g/mol. The van der Waals surface area contributed by atoms with Crippen LogP contribution in [0.4, 0.5) is 0 Å². The molecule has 0 aliphatic carbocycles. The number of hydrogen-bond donors (Lipinski definition) is 0. The third-order valence-corrected chi connectivity index (χ3v) is 5.98. The van der Waals surface area contributed by atoms with Crippen LogP contribution in [-0.2, 0) is 0 Å². The molecule has 0 saturated carbocycles. The zero-order valence-electron chi connectivity index (χ0n) is 21.6.